The lowest BCUT2D eigenvalue weighted by atomic mass is 9.94. The fraction of sp³-hybridized carbons (Fsp3) is 0.118. The van der Waals surface area contributed by atoms with Crippen LogP contribution in [0.25, 0.3) is 41.8 Å². The smallest absolute Gasteiger partial charge is 0.227 e. The number of benzene rings is 2. The molecule has 0 bridgehead atoms. The van der Waals surface area contributed by atoms with Gasteiger partial charge in [-0.05, 0) is 64.0 Å². The van der Waals surface area contributed by atoms with E-state index in [4.69, 9.17) is 0 Å². The van der Waals surface area contributed by atoms with Crippen molar-refractivity contribution in [2.24, 2.45) is 0 Å². The number of thiophene rings is 4. The number of rotatable bonds is 5. The van der Waals surface area contributed by atoms with E-state index in [0.29, 0.717) is 20.2 Å². The van der Waals surface area contributed by atoms with Crippen LogP contribution in [0.5, 0.6) is 0 Å². The molecular weight excluding hydrogens is 663 g/mol. The molecule has 7 rings (SSSR count). The van der Waals surface area contributed by atoms with Crippen molar-refractivity contribution < 1.29 is 22.0 Å². The second-order valence-electron chi connectivity index (χ2n) is 10.1. The molecule has 0 nitrogen and oxygen atoms in total. The van der Waals surface area contributed by atoms with Crippen LogP contribution in [-0.2, 0) is 0 Å². The predicted octanol–water partition coefficient (Wildman–Crippen LogP) is 12.7. The minimum Gasteiger partial charge on any atom is -0.227 e. The molecule has 1 aliphatic rings. The van der Waals surface area contributed by atoms with Gasteiger partial charge in [0.05, 0.1) is 0 Å². The van der Waals surface area contributed by atoms with Crippen LogP contribution >= 0.6 is 54.6 Å². The van der Waals surface area contributed by atoms with E-state index in [9.17, 15) is 0 Å². The van der Waals surface area contributed by atoms with Crippen LogP contribution in [0, 0.1) is 6.92 Å². The maximum absolute atomic E-state index is 16.1. The van der Waals surface area contributed by atoms with Gasteiger partial charge in [0.1, 0.15) is 0 Å². The van der Waals surface area contributed by atoms with Crippen LogP contribution in [0.4, 0.5) is 22.0 Å². The normalized spacial score (nSPS) is 18.7. The van der Waals surface area contributed by atoms with Crippen LogP contribution in [-0.4, -0.2) is 17.3 Å². The Morgan fingerprint density at radius 2 is 1.23 bits per heavy atom. The Bertz CT molecular complexity index is 1890. The standard InChI is InChI=1S/C29H18F5PS3.C5H6S/c30-27(31)25(20-15-22(17-8-3-1-4-9-17)38-26(20)18-10-5-2-6-11-18)24(28(32,35)29(27,33)34)19-14-23(37-16-19)21-12-7-13-36-21;1-5-3-2-4-6-5/h1-16H,35H2;2-4H,1H3. The van der Waals surface area contributed by atoms with Crippen LogP contribution < -0.4 is 0 Å². The van der Waals surface area contributed by atoms with Crippen molar-refractivity contribution in [2.45, 2.75) is 24.2 Å². The predicted molar refractivity (Wildman–Crippen MR) is 182 cm³/mol. The fourth-order valence-electron chi connectivity index (χ4n) is 5.04. The maximum Gasteiger partial charge on any atom is 0.355 e. The van der Waals surface area contributed by atoms with E-state index in [1.54, 1.807) is 41.7 Å². The summed E-state index contributed by atoms with van der Waals surface area (Å²) >= 11 is 5.63. The molecule has 4 aromatic heterocycles. The Morgan fingerprint density at radius 1 is 0.591 bits per heavy atom. The Labute approximate surface area is 270 Å². The van der Waals surface area contributed by atoms with E-state index in [2.05, 4.69) is 24.4 Å². The highest BCUT2D eigenvalue weighted by atomic mass is 32.1. The maximum atomic E-state index is 16.1. The average molecular weight is 687 g/mol. The van der Waals surface area contributed by atoms with Gasteiger partial charge in [-0.15, -0.1) is 45.3 Å². The highest BCUT2D eigenvalue weighted by Crippen LogP contribution is 2.68. The van der Waals surface area contributed by atoms with E-state index in [-0.39, 0.29) is 11.1 Å². The Morgan fingerprint density at radius 3 is 1.80 bits per heavy atom. The summed E-state index contributed by atoms with van der Waals surface area (Å²) in [5.41, 5.74) is -0.409. The van der Waals surface area contributed by atoms with E-state index in [1.165, 1.54) is 65.6 Å². The van der Waals surface area contributed by atoms with Gasteiger partial charge in [-0.2, -0.15) is 17.6 Å². The van der Waals surface area contributed by atoms with Crippen molar-refractivity contribution in [1.82, 2.24) is 0 Å². The molecule has 0 N–H and O–H groups in total. The average Bonchev–Trinajstić information content (AvgIpc) is 3.84. The molecule has 6 aromatic rings. The summed E-state index contributed by atoms with van der Waals surface area (Å²) in [4.78, 5) is 3.92. The van der Waals surface area contributed by atoms with Crippen molar-refractivity contribution >= 4 is 65.7 Å². The molecule has 0 spiro atoms. The van der Waals surface area contributed by atoms with Gasteiger partial charge in [0, 0.05) is 41.1 Å². The summed E-state index contributed by atoms with van der Waals surface area (Å²) in [6.07, 6.45) is 0. The third-order valence-electron chi connectivity index (χ3n) is 7.19. The van der Waals surface area contributed by atoms with E-state index < -0.39 is 28.4 Å². The first kappa shape index (κ1) is 31.1. The molecule has 0 amide bonds. The van der Waals surface area contributed by atoms with Crippen molar-refractivity contribution in [2.75, 3.05) is 0 Å². The van der Waals surface area contributed by atoms with Crippen LogP contribution in [0.2, 0.25) is 0 Å². The largest absolute Gasteiger partial charge is 0.355 e. The fourth-order valence-corrected chi connectivity index (χ4v) is 8.98. The highest BCUT2D eigenvalue weighted by Gasteiger charge is 2.77. The molecule has 0 saturated heterocycles. The van der Waals surface area contributed by atoms with Gasteiger partial charge >= 0.3 is 11.8 Å². The topological polar surface area (TPSA) is 0 Å². The molecule has 2 unspecified atom stereocenters. The quantitative estimate of drug-likeness (QED) is 0.125. The van der Waals surface area contributed by atoms with Gasteiger partial charge in [-0.25, -0.2) is 4.39 Å². The lowest BCUT2D eigenvalue weighted by Crippen LogP contribution is -2.48. The van der Waals surface area contributed by atoms with Crippen molar-refractivity contribution in [3.8, 4) is 30.6 Å². The molecule has 0 radical (unpaired) electrons. The minimum atomic E-state index is -4.98. The number of hydrogen-bond donors (Lipinski definition) is 0. The van der Waals surface area contributed by atoms with E-state index >= 15 is 22.0 Å². The summed E-state index contributed by atoms with van der Waals surface area (Å²) < 4.78 is 78.4. The summed E-state index contributed by atoms with van der Waals surface area (Å²) in [6, 6.07) is 28.7. The molecule has 44 heavy (non-hydrogen) atoms. The molecule has 4 heterocycles. The molecular formula is C34H24F5PS4. The first-order valence-corrected chi connectivity index (χ1v) is 17.4. The first-order valence-electron chi connectivity index (χ1n) is 13.4. The summed E-state index contributed by atoms with van der Waals surface area (Å²) in [7, 11) is 1.39. The lowest BCUT2D eigenvalue weighted by molar-refractivity contribution is -0.195. The van der Waals surface area contributed by atoms with Crippen molar-refractivity contribution in [3.63, 3.8) is 0 Å². The molecule has 0 saturated carbocycles. The molecule has 1 aliphatic carbocycles. The van der Waals surface area contributed by atoms with E-state index in [0.717, 1.165) is 10.4 Å². The second kappa shape index (κ2) is 12.1. The zero-order chi connectivity index (χ0) is 31.1. The zero-order valence-electron chi connectivity index (χ0n) is 23.1. The molecule has 0 fully saturated rings. The minimum absolute atomic E-state index is 0.0224. The van der Waals surface area contributed by atoms with Gasteiger partial charge in [0.25, 0.3) is 0 Å². The SMILES string of the molecule is Cc1cccs1.FC1(F)C(c2cc(-c3ccccc3)sc2-c2ccccc2)=C(c2csc(-c3cccs3)c2)C(F)(P)C1(F)F. The number of hydrogen-bond acceptors (Lipinski definition) is 4. The Hall–Kier alpha value is -2.94. The van der Waals surface area contributed by atoms with Gasteiger partial charge in [0.2, 0.25) is 5.41 Å². The molecule has 0 aliphatic heterocycles. The number of halogens is 5. The van der Waals surface area contributed by atoms with Gasteiger partial charge in [-0.1, -0.05) is 82.0 Å². The van der Waals surface area contributed by atoms with Crippen LogP contribution in [0.1, 0.15) is 16.0 Å². The second-order valence-corrected chi connectivity index (χ2v) is 15.0. The van der Waals surface area contributed by atoms with Crippen molar-refractivity contribution in [1.29, 1.82) is 0 Å². The number of alkyl halides is 5. The third kappa shape index (κ3) is 5.43. The lowest BCUT2D eigenvalue weighted by Gasteiger charge is -2.28. The molecule has 224 valence electrons. The summed E-state index contributed by atoms with van der Waals surface area (Å²) in [6.45, 7) is 2.10. The summed E-state index contributed by atoms with van der Waals surface area (Å²) in [5.74, 6) is -9.74. The van der Waals surface area contributed by atoms with Crippen molar-refractivity contribution in [3.05, 3.63) is 129 Å². The molecule has 2 atom stereocenters. The van der Waals surface area contributed by atoms with Crippen LogP contribution in [0.3, 0.4) is 0 Å². The zero-order valence-corrected chi connectivity index (χ0v) is 27.5. The first-order chi connectivity index (χ1) is 21.0. The highest BCUT2D eigenvalue weighted by molar-refractivity contribution is 7.21. The molecule has 10 heteroatoms. The van der Waals surface area contributed by atoms with E-state index in [1.807, 2.05) is 47.8 Å². The summed E-state index contributed by atoms with van der Waals surface area (Å²) in [5, 5.41) is 1.74. The van der Waals surface area contributed by atoms with Crippen LogP contribution in [0.15, 0.2) is 113 Å². The number of allylic oxidation sites excluding steroid dienone is 2. The molecule has 2 aromatic carbocycles. The Kier molecular flexibility index (Phi) is 8.54. The van der Waals surface area contributed by atoms with Gasteiger partial charge < -0.3 is 0 Å². The third-order valence-corrected chi connectivity index (χ3v) is 11.9. The monoisotopic (exact) mass is 686 g/mol. The van der Waals surface area contributed by atoms with Gasteiger partial charge in [-0.3, -0.25) is 0 Å². The van der Waals surface area contributed by atoms with Gasteiger partial charge in [0.15, 0.2) is 0 Å². The Balaban J connectivity index is 0.000000513. The number of aryl methyl sites for hydroxylation is 1.